The molecule has 1 N–H and O–H groups in total. The fourth-order valence-corrected chi connectivity index (χ4v) is 2.45. The molecule has 0 amide bonds. The van der Waals surface area contributed by atoms with Gasteiger partial charge in [-0.3, -0.25) is 4.68 Å². The van der Waals surface area contributed by atoms with Crippen molar-refractivity contribution in [2.45, 2.75) is 58.5 Å². The lowest BCUT2D eigenvalue weighted by Gasteiger charge is -2.29. The third kappa shape index (κ3) is 3.32. The predicted octanol–water partition coefficient (Wildman–Crippen LogP) is 3.13. The quantitative estimate of drug-likeness (QED) is 0.787. The highest BCUT2D eigenvalue weighted by atomic mass is 15.3. The fourth-order valence-electron chi connectivity index (χ4n) is 2.45. The van der Waals surface area contributed by atoms with Crippen molar-refractivity contribution in [3.8, 4) is 0 Å². The van der Waals surface area contributed by atoms with Crippen LogP contribution in [0.3, 0.4) is 0 Å². The van der Waals surface area contributed by atoms with E-state index in [0.29, 0.717) is 6.04 Å². The zero-order chi connectivity index (χ0) is 12.1. The van der Waals surface area contributed by atoms with Gasteiger partial charge in [0.2, 0.25) is 0 Å². The number of aromatic nitrogens is 2. The van der Waals surface area contributed by atoms with Gasteiger partial charge in [-0.15, -0.1) is 0 Å². The first-order valence-electron chi connectivity index (χ1n) is 7.09. The molecule has 3 nitrogen and oxygen atoms in total. The average molecular weight is 235 g/mol. The van der Waals surface area contributed by atoms with E-state index in [2.05, 4.69) is 30.5 Å². The molecule has 1 saturated carbocycles. The smallest absolute Gasteiger partial charge is 0.0537 e. The van der Waals surface area contributed by atoms with Gasteiger partial charge in [-0.2, -0.15) is 5.10 Å². The SMILES string of the molecule is CCCNC(CC1CCC1)c1cnn(CC)c1. The summed E-state index contributed by atoms with van der Waals surface area (Å²) in [6, 6.07) is 0.514. The summed E-state index contributed by atoms with van der Waals surface area (Å²) < 4.78 is 2.02. The molecule has 1 unspecified atom stereocenters. The van der Waals surface area contributed by atoms with E-state index in [4.69, 9.17) is 0 Å². The van der Waals surface area contributed by atoms with Crippen LogP contribution < -0.4 is 5.32 Å². The van der Waals surface area contributed by atoms with Gasteiger partial charge < -0.3 is 5.32 Å². The monoisotopic (exact) mass is 235 g/mol. The summed E-state index contributed by atoms with van der Waals surface area (Å²) in [6.45, 7) is 6.43. The molecule has 0 radical (unpaired) electrons. The summed E-state index contributed by atoms with van der Waals surface area (Å²) in [7, 11) is 0. The number of nitrogens with one attached hydrogen (secondary N) is 1. The van der Waals surface area contributed by atoms with Crippen LogP contribution in [-0.4, -0.2) is 16.3 Å². The van der Waals surface area contributed by atoms with E-state index in [1.54, 1.807) is 0 Å². The van der Waals surface area contributed by atoms with Gasteiger partial charge >= 0.3 is 0 Å². The van der Waals surface area contributed by atoms with Crippen molar-refractivity contribution < 1.29 is 0 Å². The Morgan fingerprint density at radius 1 is 1.47 bits per heavy atom. The average Bonchev–Trinajstić information content (AvgIpc) is 2.75. The molecule has 1 atom stereocenters. The lowest BCUT2D eigenvalue weighted by atomic mass is 9.80. The Kier molecular flexibility index (Phi) is 4.60. The Labute approximate surface area is 105 Å². The number of hydrogen-bond donors (Lipinski definition) is 1. The molecule has 17 heavy (non-hydrogen) atoms. The van der Waals surface area contributed by atoms with Crippen LogP contribution in [0.15, 0.2) is 12.4 Å². The third-order valence-corrected chi connectivity index (χ3v) is 3.81. The minimum absolute atomic E-state index is 0.514. The Balaban J connectivity index is 1.96. The summed E-state index contributed by atoms with van der Waals surface area (Å²) in [5.74, 6) is 0.939. The van der Waals surface area contributed by atoms with E-state index in [0.717, 1.165) is 19.0 Å². The Hall–Kier alpha value is -0.830. The third-order valence-electron chi connectivity index (χ3n) is 3.81. The number of nitrogens with zero attached hydrogens (tertiary/aromatic N) is 2. The molecular weight excluding hydrogens is 210 g/mol. The highest BCUT2D eigenvalue weighted by Gasteiger charge is 2.23. The predicted molar refractivity (Wildman–Crippen MR) is 70.9 cm³/mol. The molecule has 0 spiro atoms. The van der Waals surface area contributed by atoms with E-state index < -0.39 is 0 Å². The van der Waals surface area contributed by atoms with Gasteiger partial charge in [-0.25, -0.2) is 0 Å². The van der Waals surface area contributed by atoms with E-state index in [1.807, 2.05) is 10.9 Å². The highest BCUT2D eigenvalue weighted by Crippen LogP contribution is 2.34. The van der Waals surface area contributed by atoms with E-state index in [9.17, 15) is 0 Å². The van der Waals surface area contributed by atoms with Crippen molar-refractivity contribution in [1.82, 2.24) is 15.1 Å². The molecule has 3 heteroatoms. The van der Waals surface area contributed by atoms with Gasteiger partial charge in [-0.1, -0.05) is 26.2 Å². The largest absolute Gasteiger partial charge is 0.310 e. The topological polar surface area (TPSA) is 29.9 Å². The summed E-state index contributed by atoms with van der Waals surface area (Å²) in [6.07, 6.45) is 11.0. The molecule has 2 rings (SSSR count). The van der Waals surface area contributed by atoms with E-state index in [-0.39, 0.29) is 0 Å². The zero-order valence-corrected chi connectivity index (χ0v) is 11.2. The molecule has 1 aromatic heterocycles. The summed E-state index contributed by atoms with van der Waals surface area (Å²) >= 11 is 0. The van der Waals surface area contributed by atoms with E-state index >= 15 is 0 Å². The van der Waals surface area contributed by atoms with Crippen LogP contribution >= 0.6 is 0 Å². The van der Waals surface area contributed by atoms with Crippen molar-refractivity contribution in [1.29, 1.82) is 0 Å². The maximum absolute atomic E-state index is 4.39. The molecule has 1 fully saturated rings. The van der Waals surface area contributed by atoms with Gasteiger partial charge in [0.05, 0.1) is 6.20 Å². The maximum atomic E-state index is 4.39. The second kappa shape index (κ2) is 6.20. The lowest BCUT2D eigenvalue weighted by Crippen LogP contribution is -2.26. The first-order chi connectivity index (χ1) is 8.33. The molecule has 0 aromatic carbocycles. The van der Waals surface area contributed by atoms with Crippen molar-refractivity contribution in [3.05, 3.63) is 18.0 Å². The molecular formula is C14H25N3. The normalized spacial score (nSPS) is 18.0. The van der Waals surface area contributed by atoms with Crippen LogP contribution in [0.25, 0.3) is 0 Å². The van der Waals surface area contributed by atoms with Crippen LogP contribution in [0.2, 0.25) is 0 Å². The summed E-state index contributed by atoms with van der Waals surface area (Å²) in [5, 5.41) is 8.06. The molecule has 96 valence electrons. The van der Waals surface area contributed by atoms with Crippen molar-refractivity contribution in [2.75, 3.05) is 6.54 Å². The minimum Gasteiger partial charge on any atom is -0.310 e. The van der Waals surface area contributed by atoms with Gasteiger partial charge in [0.15, 0.2) is 0 Å². The molecule has 1 aliphatic rings. The van der Waals surface area contributed by atoms with E-state index in [1.165, 1.54) is 37.7 Å². The minimum atomic E-state index is 0.514. The van der Waals surface area contributed by atoms with Gasteiger partial charge in [0.25, 0.3) is 0 Å². The highest BCUT2D eigenvalue weighted by molar-refractivity contribution is 5.11. The molecule has 1 aromatic rings. The number of hydrogen-bond acceptors (Lipinski definition) is 2. The molecule has 0 aliphatic heterocycles. The van der Waals surface area contributed by atoms with Crippen LogP contribution in [0.1, 0.15) is 57.6 Å². The van der Waals surface area contributed by atoms with Crippen LogP contribution in [0.5, 0.6) is 0 Å². The molecule has 0 bridgehead atoms. The van der Waals surface area contributed by atoms with Crippen molar-refractivity contribution in [2.24, 2.45) is 5.92 Å². The first-order valence-corrected chi connectivity index (χ1v) is 7.09. The zero-order valence-electron chi connectivity index (χ0n) is 11.2. The van der Waals surface area contributed by atoms with Gasteiger partial charge in [0, 0.05) is 24.3 Å². The van der Waals surface area contributed by atoms with Gasteiger partial charge in [0.1, 0.15) is 0 Å². The molecule has 1 aliphatic carbocycles. The Bertz CT molecular complexity index is 328. The lowest BCUT2D eigenvalue weighted by molar-refractivity contribution is 0.261. The Morgan fingerprint density at radius 3 is 2.82 bits per heavy atom. The van der Waals surface area contributed by atoms with Crippen LogP contribution in [0.4, 0.5) is 0 Å². The second-order valence-corrected chi connectivity index (χ2v) is 5.17. The van der Waals surface area contributed by atoms with Crippen LogP contribution in [-0.2, 0) is 6.54 Å². The maximum Gasteiger partial charge on any atom is 0.0537 e. The number of aryl methyl sites for hydroxylation is 1. The summed E-state index contributed by atoms with van der Waals surface area (Å²) in [5.41, 5.74) is 1.37. The van der Waals surface area contributed by atoms with Crippen LogP contribution in [0, 0.1) is 5.92 Å². The fraction of sp³-hybridized carbons (Fsp3) is 0.786. The summed E-state index contributed by atoms with van der Waals surface area (Å²) in [4.78, 5) is 0. The number of rotatable bonds is 7. The van der Waals surface area contributed by atoms with Crippen molar-refractivity contribution in [3.63, 3.8) is 0 Å². The van der Waals surface area contributed by atoms with Crippen molar-refractivity contribution >= 4 is 0 Å². The standard InChI is InChI=1S/C14H25N3/c1-3-8-15-14(9-12-6-5-7-12)13-10-16-17(4-2)11-13/h10-12,14-15H,3-9H2,1-2H3. The van der Waals surface area contributed by atoms with Gasteiger partial charge in [-0.05, 0) is 32.2 Å². The molecule has 0 saturated heterocycles. The first kappa shape index (κ1) is 12.6. The molecule has 1 heterocycles. The Morgan fingerprint density at radius 2 is 2.29 bits per heavy atom. The second-order valence-electron chi connectivity index (χ2n) is 5.17.